The van der Waals surface area contributed by atoms with Crippen molar-refractivity contribution in [2.75, 3.05) is 11.9 Å². The lowest BCUT2D eigenvalue weighted by Crippen LogP contribution is -2.19. The molecule has 0 bridgehead atoms. The Morgan fingerprint density at radius 2 is 1.75 bits per heavy atom. The summed E-state index contributed by atoms with van der Waals surface area (Å²) in [6.45, 7) is 1.98. The fraction of sp³-hybridized carbons (Fsp3) is 0.214. The maximum atomic E-state index is 12.4. The Bertz CT molecular complexity index is 1380. The first-order valence-corrected chi connectivity index (χ1v) is 11.7. The third kappa shape index (κ3) is 4.70. The van der Waals surface area contributed by atoms with Crippen LogP contribution in [-0.4, -0.2) is 33.9 Å². The van der Waals surface area contributed by atoms with Crippen molar-refractivity contribution < 1.29 is 24.0 Å². The number of carbonyl (C=O) groups is 2. The standard InChI is InChI=1S/C28H25N3O5/c1-18-24(30-27(34)35-16-13-19-5-3-2-4-6-19)25(36-31-18)21-9-12-23(29-17-21)20-7-10-22(11-8-20)28(14-15-28)26(32)33/h2-12,17H,13-16H2,1H3,(H,30,34)(H,32,33). The van der Waals surface area contributed by atoms with E-state index in [1.165, 1.54) is 0 Å². The van der Waals surface area contributed by atoms with E-state index >= 15 is 0 Å². The summed E-state index contributed by atoms with van der Waals surface area (Å²) < 4.78 is 10.8. The van der Waals surface area contributed by atoms with E-state index in [0.717, 1.165) is 22.4 Å². The zero-order valence-corrected chi connectivity index (χ0v) is 19.7. The molecule has 36 heavy (non-hydrogen) atoms. The van der Waals surface area contributed by atoms with Gasteiger partial charge in [-0.2, -0.15) is 0 Å². The molecule has 2 aromatic carbocycles. The van der Waals surface area contributed by atoms with Gasteiger partial charge in [0.25, 0.3) is 0 Å². The van der Waals surface area contributed by atoms with Crippen molar-refractivity contribution in [1.82, 2.24) is 10.1 Å². The fourth-order valence-corrected chi connectivity index (χ4v) is 4.17. The molecule has 182 valence electrons. The summed E-state index contributed by atoms with van der Waals surface area (Å²) in [6, 6.07) is 21.0. The molecule has 1 fully saturated rings. The molecular formula is C28H25N3O5. The van der Waals surface area contributed by atoms with Crippen LogP contribution in [0.4, 0.5) is 10.5 Å². The van der Waals surface area contributed by atoms with E-state index in [0.29, 0.717) is 42.0 Å². The van der Waals surface area contributed by atoms with E-state index in [9.17, 15) is 14.7 Å². The van der Waals surface area contributed by atoms with Crippen molar-refractivity contribution >= 4 is 17.7 Å². The third-order valence-corrected chi connectivity index (χ3v) is 6.47. The molecule has 0 saturated heterocycles. The fourth-order valence-electron chi connectivity index (χ4n) is 4.17. The molecule has 8 heteroatoms. The summed E-state index contributed by atoms with van der Waals surface area (Å²) in [5.74, 6) is -0.386. The quantitative estimate of drug-likeness (QED) is 0.334. The number of carboxylic acids is 1. The number of nitrogens with zero attached hydrogens (tertiary/aromatic N) is 2. The molecule has 5 rings (SSSR count). The van der Waals surface area contributed by atoms with Crippen LogP contribution in [0.2, 0.25) is 0 Å². The van der Waals surface area contributed by atoms with Gasteiger partial charge >= 0.3 is 12.1 Å². The Kier molecular flexibility index (Phi) is 6.25. The van der Waals surface area contributed by atoms with Gasteiger partial charge in [0, 0.05) is 23.7 Å². The van der Waals surface area contributed by atoms with Crippen LogP contribution in [0.3, 0.4) is 0 Å². The number of carboxylic acid groups (broad SMARTS) is 1. The second kappa shape index (κ2) is 9.65. The second-order valence-electron chi connectivity index (χ2n) is 8.87. The molecule has 0 atom stereocenters. The van der Waals surface area contributed by atoms with Crippen LogP contribution in [0.5, 0.6) is 0 Å². The van der Waals surface area contributed by atoms with Crippen LogP contribution in [0.1, 0.15) is 29.7 Å². The van der Waals surface area contributed by atoms with Gasteiger partial charge in [-0.15, -0.1) is 0 Å². The predicted molar refractivity (Wildman–Crippen MR) is 134 cm³/mol. The number of ether oxygens (including phenoxy) is 1. The molecule has 4 aromatic rings. The van der Waals surface area contributed by atoms with Crippen LogP contribution >= 0.6 is 0 Å². The summed E-state index contributed by atoms with van der Waals surface area (Å²) in [6.07, 6.45) is 3.02. The van der Waals surface area contributed by atoms with Crippen molar-refractivity contribution in [3.8, 4) is 22.6 Å². The number of benzene rings is 2. The van der Waals surface area contributed by atoms with Crippen LogP contribution < -0.4 is 5.32 Å². The molecule has 0 aliphatic heterocycles. The molecule has 0 spiro atoms. The number of anilines is 1. The zero-order valence-electron chi connectivity index (χ0n) is 19.7. The van der Waals surface area contributed by atoms with Gasteiger partial charge in [0.1, 0.15) is 11.4 Å². The van der Waals surface area contributed by atoms with Gasteiger partial charge in [-0.1, -0.05) is 59.8 Å². The van der Waals surface area contributed by atoms with Crippen molar-refractivity contribution in [2.24, 2.45) is 0 Å². The first-order valence-electron chi connectivity index (χ1n) is 11.7. The average molecular weight is 484 g/mol. The number of carbonyl (C=O) groups excluding carboxylic acids is 1. The first-order chi connectivity index (χ1) is 17.5. The topological polar surface area (TPSA) is 115 Å². The minimum atomic E-state index is -0.774. The number of pyridine rings is 1. The van der Waals surface area contributed by atoms with E-state index < -0.39 is 17.5 Å². The van der Waals surface area contributed by atoms with E-state index in [1.807, 2.05) is 66.7 Å². The zero-order chi connectivity index (χ0) is 25.1. The van der Waals surface area contributed by atoms with Crippen molar-refractivity contribution in [3.05, 3.63) is 89.7 Å². The highest BCUT2D eigenvalue weighted by Gasteiger charge is 2.51. The Morgan fingerprint density at radius 1 is 1.03 bits per heavy atom. The highest BCUT2D eigenvalue weighted by Crippen LogP contribution is 2.48. The van der Waals surface area contributed by atoms with Crippen LogP contribution in [0.15, 0.2) is 77.4 Å². The average Bonchev–Trinajstić information content (AvgIpc) is 3.64. The van der Waals surface area contributed by atoms with Crippen LogP contribution in [-0.2, 0) is 21.4 Å². The maximum absolute atomic E-state index is 12.4. The molecule has 1 aliphatic carbocycles. The van der Waals surface area contributed by atoms with Gasteiger partial charge in [0.15, 0.2) is 5.76 Å². The molecule has 2 heterocycles. The highest BCUT2D eigenvalue weighted by atomic mass is 16.5. The monoisotopic (exact) mass is 483 g/mol. The largest absolute Gasteiger partial charge is 0.481 e. The van der Waals surface area contributed by atoms with Gasteiger partial charge in [0.2, 0.25) is 0 Å². The summed E-state index contributed by atoms with van der Waals surface area (Å²) in [5, 5.41) is 16.2. The Labute approximate surface area is 207 Å². The molecule has 1 amide bonds. The highest BCUT2D eigenvalue weighted by molar-refractivity contribution is 5.90. The molecule has 0 radical (unpaired) electrons. The minimum absolute atomic E-state index is 0.248. The summed E-state index contributed by atoms with van der Waals surface area (Å²) in [7, 11) is 0. The molecule has 0 unspecified atom stereocenters. The number of amides is 1. The number of hydrogen-bond donors (Lipinski definition) is 2. The van der Waals surface area contributed by atoms with Gasteiger partial charge in [0.05, 0.1) is 17.7 Å². The summed E-state index contributed by atoms with van der Waals surface area (Å²) in [5.41, 5.74) is 4.39. The molecule has 2 aromatic heterocycles. The van der Waals surface area contributed by atoms with E-state index in [-0.39, 0.29) is 6.61 Å². The van der Waals surface area contributed by atoms with Crippen LogP contribution in [0.25, 0.3) is 22.6 Å². The lowest BCUT2D eigenvalue weighted by Gasteiger charge is -2.11. The lowest BCUT2D eigenvalue weighted by molar-refractivity contribution is -0.140. The summed E-state index contributed by atoms with van der Waals surface area (Å²) >= 11 is 0. The lowest BCUT2D eigenvalue weighted by atomic mass is 9.94. The Hall–Kier alpha value is -4.46. The number of aliphatic carboxylic acids is 1. The number of hydrogen-bond acceptors (Lipinski definition) is 6. The van der Waals surface area contributed by atoms with E-state index in [4.69, 9.17) is 9.26 Å². The minimum Gasteiger partial charge on any atom is -0.481 e. The van der Waals surface area contributed by atoms with Gasteiger partial charge in [-0.3, -0.25) is 15.1 Å². The Morgan fingerprint density at radius 3 is 2.39 bits per heavy atom. The first kappa shape index (κ1) is 23.3. The van der Waals surface area contributed by atoms with Gasteiger partial charge < -0.3 is 14.4 Å². The predicted octanol–water partition coefficient (Wildman–Crippen LogP) is 5.62. The molecule has 1 aliphatic rings. The molecule has 1 saturated carbocycles. The number of rotatable bonds is 8. The smallest absolute Gasteiger partial charge is 0.411 e. The van der Waals surface area contributed by atoms with E-state index in [1.54, 1.807) is 13.1 Å². The van der Waals surface area contributed by atoms with Gasteiger partial charge in [-0.25, -0.2) is 4.79 Å². The molecule has 2 N–H and O–H groups in total. The third-order valence-electron chi connectivity index (χ3n) is 6.47. The number of aromatic nitrogens is 2. The molecular weight excluding hydrogens is 458 g/mol. The van der Waals surface area contributed by atoms with Crippen LogP contribution in [0, 0.1) is 6.92 Å². The second-order valence-corrected chi connectivity index (χ2v) is 8.87. The summed E-state index contributed by atoms with van der Waals surface area (Å²) in [4.78, 5) is 28.5. The SMILES string of the molecule is Cc1noc(-c2ccc(-c3ccc(C4(C(=O)O)CC4)cc3)nc2)c1NC(=O)OCCc1ccccc1. The number of aryl methyl sites for hydroxylation is 1. The Balaban J connectivity index is 1.25. The maximum Gasteiger partial charge on any atom is 0.411 e. The van der Waals surface area contributed by atoms with Gasteiger partial charge in [-0.05, 0) is 43.0 Å². The van der Waals surface area contributed by atoms with Crippen molar-refractivity contribution in [2.45, 2.75) is 31.6 Å². The normalized spacial score (nSPS) is 13.7. The van der Waals surface area contributed by atoms with Crippen molar-refractivity contribution in [3.63, 3.8) is 0 Å². The van der Waals surface area contributed by atoms with E-state index in [2.05, 4.69) is 15.5 Å². The van der Waals surface area contributed by atoms with Crippen molar-refractivity contribution in [1.29, 1.82) is 0 Å². The molecule has 8 nitrogen and oxygen atoms in total. The number of nitrogens with one attached hydrogen (secondary N) is 1.